The molecule has 2 saturated heterocycles. The molecular weight excluding hydrogens is 1120 g/mol. The number of ether oxygens (including phenoxy) is 5. The lowest BCUT2D eigenvalue weighted by Gasteiger charge is -2.40. The van der Waals surface area contributed by atoms with Crippen LogP contribution in [0.2, 0.25) is 0 Å². The number of imide groups is 1. The molecule has 0 radical (unpaired) electrons. The first kappa shape index (κ1) is 71.6. The van der Waals surface area contributed by atoms with Gasteiger partial charge in [-0.3, -0.25) is 43.9 Å². The summed E-state index contributed by atoms with van der Waals surface area (Å²) in [5.41, 5.74) is 5.67. The van der Waals surface area contributed by atoms with E-state index >= 15 is 0 Å². The highest BCUT2D eigenvalue weighted by Crippen LogP contribution is 2.32. The molecule has 3 aliphatic rings. The standard InChI is InChI=1S/C59H95N9O16S/c1-9-25-67(58(77)53(40(6)11-3)63-56(76)46-15-12-13-26-66(46)8)47(39(4)5)37-48(82-27-10-2)57-62-45(38-85-57)55(75)61-43(36-42-18-20-44(69)21-19-42)35-41(7)54(74)64-65-59(78)83-34-33-81-32-31-80-30-29-79-28-24-60-49(70)16-14-17-52(73)84-68-50(71)22-23-51(68)72/h18-20,38-41,43-44,46-48,53,69H,9-17,21-37H2,1-8H3,(H,60,70)(H,61,75)(H,63,76)(H,64,74)(H,65,78)/t40-,41-,43?,44?,46+,47+,48+,53-/m0/s1. The monoisotopic (exact) mass is 1220 g/mol. The molecule has 1 aliphatic carbocycles. The molecule has 25 nitrogen and oxygen atoms in total. The number of nitrogens with one attached hydrogen (secondary N) is 5. The molecular formula is C59H95N9O16S. The van der Waals surface area contributed by atoms with Gasteiger partial charge < -0.3 is 54.5 Å². The van der Waals surface area contributed by atoms with Crippen molar-refractivity contribution in [2.45, 2.75) is 181 Å². The summed E-state index contributed by atoms with van der Waals surface area (Å²) in [6, 6.07) is -1.83. The highest BCUT2D eigenvalue weighted by atomic mass is 32.1. The molecule has 1 aromatic heterocycles. The number of carbonyl (C=O) groups is 9. The van der Waals surface area contributed by atoms with Crippen LogP contribution in [0, 0.1) is 17.8 Å². The Kier molecular flexibility index (Phi) is 32.8. The van der Waals surface area contributed by atoms with E-state index in [1.54, 1.807) is 24.5 Å². The van der Waals surface area contributed by atoms with E-state index in [1.807, 2.05) is 45.7 Å². The zero-order valence-corrected chi connectivity index (χ0v) is 52.0. The normalized spacial score (nSPS) is 18.4. The maximum absolute atomic E-state index is 14.8. The lowest BCUT2D eigenvalue weighted by Crippen LogP contribution is -2.58. The van der Waals surface area contributed by atoms with E-state index in [-0.39, 0.29) is 139 Å². The fraction of sp³-hybridized carbons (Fsp3) is 0.729. The predicted octanol–water partition coefficient (Wildman–Crippen LogP) is 4.74. The number of piperidine rings is 1. The number of hydrazine groups is 1. The summed E-state index contributed by atoms with van der Waals surface area (Å²) in [6.45, 7) is 17.0. The minimum Gasteiger partial charge on any atom is -0.446 e. The molecule has 8 amide bonds. The second kappa shape index (κ2) is 39.0. The highest BCUT2D eigenvalue weighted by Gasteiger charge is 2.39. The van der Waals surface area contributed by atoms with Crippen molar-refractivity contribution in [2.75, 3.05) is 79.5 Å². The SMILES string of the molecule is CCCO[C@H](C[C@H](C(C)C)N(CCC)C(=O)[C@@H](NC(=O)[C@H]1CCCCN1C)[C@@H](C)CC)c1nc(C(=O)NC(CC2=CCC(O)C=C2)C[C@H](C)C(=O)NNC(=O)OCCOCCOCCOCCNC(=O)CCCC(=O)ON2C(=O)CCC2=O)cs1. The number of hydrogen-bond acceptors (Lipinski definition) is 19. The second-order valence-electron chi connectivity index (χ2n) is 22.2. The van der Waals surface area contributed by atoms with Gasteiger partial charge in [0.05, 0.1) is 51.8 Å². The van der Waals surface area contributed by atoms with Crippen LogP contribution in [0.4, 0.5) is 4.79 Å². The van der Waals surface area contributed by atoms with Crippen LogP contribution < -0.4 is 26.8 Å². The number of amides is 8. The predicted molar refractivity (Wildman–Crippen MR) is 315 cm³/mol. The lowest BCUT2D eigenvalue weighted by atomic mass is 9.92. The first-order valence-electron chi connectivity index (χ1n) is 30.3. The largest absolute Gasteiger partial charge is 0.446 e. The Bertz CT molecular complexity index is 2350. The van der Waals surface area contributed by atoms with Crippen LogP contribution in [0.3, 0.4) is 0 Å². The number of aromatic nitrogens is 1. The third-order valence-electron chi connectivity index (χ3n) is 14.9. The summed E-state index contributed by atoms with van der Waals surface area (Å²) in [5, 5.41) is 21.8. The number of allylic oxidation sites excluding steroid dienone is 1. The van der Waals surface area contributed by atoms with Crippen molar-refractivity contribution in [1.82, 2.24) is 46.6 Å². The molecule has 8 atom stereocenters. The zero-order valence-electron chi connectivity index (χ0n) is 51.2. The fourth-order valence-electron chi connectivity index (χ4n) is 9.85. The van der Waals surface area contributed by atoms with Gasteiger partial charge in [0.2, 0.25) is 23.6 Å². The van der Waals surface area contributed by atoms with Crippen LogP contribution >= 0.6 is 11.3 Å². The number of carbonyl (C=O) groups excluding carboxylic acids is 9. The quantitative estimate of drug-likeness (QED) is 0.0295. The van der Waals surface area contributed by atoms with E-state index in [2.05, 4.69) is 45.5 Å². The van der Waals surface area contributed by atoms with Gasteiger partial charge >= 0.3 is 12.1 Å². The molecule has 4 rings (SSSR count). The summed E-state index contributed by atoms with van der Waals surface area (Å²) < 4.78 is 28.0. The minimum atomic E-state index is -0.906. The molecule has 2 fully saturated rings. The van der Waals surface area contributed by atoms with E-state index in [9.17, 15) is 48.3 Å². The van der Waals surface area contributed by atoms with Gasteiger partial charge in [0.25, 0.3) is 17.7 Å². The molecule has 0 saturated carbocycles. The van der Waals surface area contributed by atoms with Gasteiger partial charge in [-0.15, -0.1) is 16.4 Å². The van der Waals surface area contributed by atoms with Gasteiger partial charge in [0, 0.05) is 75.2 Å². The summed E-state index contributed by atoms with van der Waals surface area (Å²) in [4.78, 5) is 129. The zero-order chi connectivity index (χ0) is 62.3. The molecule has 1 aromatic rings. The summed E-state index contributed by atoms with van der Waals surface area (Å²) in [6.07, 6.45) is 9.63. The molecule has 478 valence electrons. The third-order valence-corrected chi connectivity index (χ3v) is 15.8. The van der Waals surface area contributed by atoms with Crippen molar-refractivity contribution in [1.29, 1.82) is 0 Å². The smallest absolute Gasteiger partial charge is 0.426 e. The number of hydroxylamine groups is 2. The topological polar surface area (TPSA) is 312 Å². The van der Waals surface area contributed by atoms with Crippen LogP contribution in [0.25, 0.3) is 0 Å². The summed E-state index contributed by atoms with van der Waals surface area (Å²) >= 11 is 1.30. The minimum absolute atomic E-state index is 0.00237. The first-order chi connectivity index (χ1) is 40.8. The van der Waals surface area contributed by atoms with Crippen LogP contribution in [0.5, 0.6) is 0 Å². The molecule has 0 aromatic carbocycles. The third kappa shape index (κ3) is 25.5. The maximum atomic E-state index is 14.8. The molecule has 0 bridgehead atoms. The van der Waals surface area contributed by atoms with Gasteiger partial charge in [0.1, 0.15) is 29.5 Å². The highest BCUT2D eigenvalue weighted by molar-refractivity contribution is 7.09. The first-order valence-corrected chi connectivity index (χ1v) is 31.2. The second-order valence-corrected chi connectivity index (χ2v) is 23.1. The van der Waals surface area contributed by atoms with Crippen LogP contribution in [0.1, 0.15) is 166 Å². The number of likely N-dealkylation sites (N-methyl/N-ethyl adjacent to an activating group) is 1. The van der Waals surface area contributed by atoms with Gasteiger partial charge in [0.15, 0.2) is 0 Å². The lowest BCUT2D eigenvalue weighted by molar-refractivity contribution is -0.197. The van der Waals surface area contributed by atoms with Crippen LogP contribution in [-0.2, 0) is 62.1 Å². The van der Waals surface area contributed by atoms with Gasteiger partial charge in [-0.25, -0.2) is 20.0 Å². The summed E-state index contributed by atoms with van der Waals surface area (Å²) in [5.74, 6) is -4.20. The molecule has 26 heteroatoms. The summed E-state index contributed by atoms with van der Waals surface area (Å²) in [7, 11) is 1.96. The van der Waals surface area contributed by atoms with Crippen molar-refractivity contribution >= 4 is 64.7 Å². The van der Waals surface area contributed by atoms with E-state index < -0.39 is 65.9 Å². The van der Waals surface area contributed by atoms with E-state index in [1.165, 1.54) is 11.3 Å². The number of hydrogen-bond donors (Lipinski definition) is 6. The Morgan fingerprint density at radius 2 is 1.54 bits per heavy atom. The van der Waals surface area contributed by atoms with Gasteiger partial charge in [-0.1, -0.05) is 85.1 Å². The Morgan fingerprint density at radius 1 is 0.847 bits per heavy atom. The van der Waals surface area contributed by atoms with Gasteiger partial charge in [-0.05, 0) is 76.8 Å². The fourth-order valence-corrected chi connectivity index (χ4v) is 10.7. The average Bonchev–Trinajstić information content (AvgIpc) is 4.17. The van der Waals surface area contributed by atoms with Crippen molar-refractivity contribution in [3.8, 4) is 0 Å². The Balaban J connectivity index is 1.21. The van der Waals surface area contributed by atoms with Crippen molar-refractivity contribution in [3.05, 3.63) is 39.9 Å². The Morgan fingerprint density at radius 3 is 2.18 bits per heavy atom. The number of aliphatic hydroxyl groups is 1. The number of aliphatic hydroxyl groups excluding tert-OH is 1. The van der Waals surface area contributed by atoms with Crippen LogP contribution in [-0.4, -0.2) is 188 Å². The maximum Gasteiger partial charge on any atom is 0.426 e. The number of nitrogens with zero attached hydrogens (tertiary/aromatic N) is 4. The average molecular weight is 1220 g/mol. The number of likely N-dealkylation sites (tertiary alicyclic amines) is 1. The molecule has 6 N–H and O–H groups in total. The molecule has 2 unspecified atom stereocenters. The molecule has 2 aliphatic heterocycles. The van der Waals surface area contributed by atoms with E-state index in [4.69, 9.17) is 33.5 Å². The number of thiazole rings is 1. The molecule has 3 heterocycles. The van der Waals surface area contributed by atoms with E-state index in [0.29, 0.717) is 55.3 Å². The van der Waals surface area contributed by atoms with Crippen LogP contribution in [0.15, 0.2) is 29.2 Å². The Hall–Kier alpha value is -5.90. The van der Waals surface area contributed by atoms with Crippen molar-refractivity contribution in [3.63, 3.8) is 0 Å². The van der Waals surface area contributed by atoms with Gasteiger partial charge in [-0.2, -0.15) is 0 Å². The molecule has 0 spiro atoms. The number of rotatable bonds is 39. The van der Waals surface area contributed by atoms with Crippen molar-refractivity contribution in [2.24, 2.45) is 17.8 Å². The molecule has 85 heavy (non-hydrogen) atoms. The Labute approximate surface area is 504 Å². The van der Waals surface area contributed by atoms with E-state index in [0.717, 1.165) is 37.8 Å². The van der Waals surface area contributed by atoms with Crippen molar-refractivity contribution < 1.29 is 76.8 Å².